The molecular weight excluding hydrogens is 232 g/mol. The fourth-order valence-electron chi connectivity index (χ4n) is 1.90. The lowest BCUT2D eigenvalue weighted by Crippen LogP contribution is -2.35. The van der Waals surface area contributed by atoms with Crippen LogP contribution in [0.2, 0.25) is 0 Å². The molecule has 1 unspecified atom stereocenters. The van der Waals surface area contributed by atoms with Crippen molar-refractivity contribution in [3.05, 3.63) is 11.7 Å². The summed E-state index contributed by atoms with van der Waals surface area (Å²) >= 11 is 0. The molecule has 0 aromatic carbocycles. The lowest BCUT2D eigenvalue weighted by atomic mass is 10.2. The van der Waals surface area contributed by atoms with Crippen LogP contribution in [0.4, 0.5) is 0 Å². The van der Waals surface area contributed by atoms with Crippen molar-refractivity contribution in [3.8, 4) is 0 Å². The minimum Gasteiger partial charge on any atom is -0.367 e. The number of rotatable bonds is 5. The quantitative estimate of drug-likeness (QED) is 0.831. The normalized spacial score (nSPS) is 21.7. The third kappa shape index (κ3) is 3.76. The summed E-state index contributed by atoms with van der Waals surface area (Å²) < 4.78 is 10.9. The zero-order valence-electron chi connectivity index (χ0n) is 11.3. The van der Waals surface area contributed by atoms with Crippen LogP contribution in [0, 0.1) is 0 Å². The van der Waals surface area contributed by atoms with Crippen molar-refractivity contribution >= 4 is 0 Å². The molecule has 6 nitrogen and oxygen atoms in total. The fourth-order valence-corrected chi connectivity index (χ4v) is 1.90. The average Bonchev–Trinajstić information content (AvgIpc) is 2.77. The number of aromatic nitrogens is 2. The fraction of sp³-hybridized carbons (Fsp3) is 0.833. The number of nitrogens with zero attached hydrogens (tertiary/aromatic N) is 3. The van der Waals surface area contributed by atoms with E-state index < -0.39 is 0 Å². The van der Waals surface area contributed by atoms with E-state index in [9.17, 15) is 0 Å². The average molecular weight is 254 g/mol. The number of morpholine rings is 1. The standard InChI is InChI=1S/C12H22N4O2/c1-9(2)13-5-4-11-14-12(15-18-11)10-8-16(3)6-7-17-10/h9-10,13H,4-8H2,1-3H3. The van der Waals surface area contributed by atoms with Gasteiger partial charge in [0.1, 0.15) is 6.10 Å². The Hall–Kier alpha value is -0.980. The molecular formula is C12H22N4O2. The second kappa shape index (κ2) is 6.26. The van der Waals surface area contributed by atoms with Gasteiger partial charge in [-0.05, 0) is 7.05 Å². The predicted octanol–water partition coefficient (Wildman–Crippen LogP) is 0.613. The molecule has 0 radical (unpaired) electrons. The van der Waals surface area contributed by atoms with Crippen molar-refractivity contribution in [2.24, 2.45) is 0 Å². The van der Waals surface area contributed by atoms with Gasteiger partial charge >= 0.3 is 0 Å². The first-order valence-electron chi connectivity index (χ1n) is 6.51. The van der Waals surface area contributed by atoms with Gasteiger partial charge in [-0.25, -0.2) is 0 Å². The Bertz CT molecular complexity index is 367. The topological polar surface area (TPSA) is 63.4 Å². The minimum atomic E-state index is -0.0562. The van der Waals surface area contributed by atoms with E-state index in [4.69, 9.17) is 9.26 Å². The molecule has 6 heteroatoms. The van der Waals surface area contributed by atoms with E-state index in [-0.39, 0.29) is 6.10 Å². The van der Waals surface area contributed by atoms with Gasteiger partial charge in [0.25, 0.3) is 0 Å². The first-order chi connectivity index (χ1) is 8.65. The molecule has 0 saturated carbocycles. The lowest BCUT2D eigenvalue weighted by Gasteiger charge is -2.27. The number of ether oxygens (including phenoxy) is 1. The lowest BCUT2D eigenvalue weighted by molar-refractivity contribution is -0.0264. The van der Waals surface area contributed by atoms with Gasteiger partial charge in [0.05, 0.1) is 6.61 Å². The van der Waals surface area contributed by atoms with E-state index >= 15 is 0 Å². The van der Waals surface area contributed by atoms with Gasteiger partial charge in [0, 0.05) is 32.1 Å². The SMILES string of the molecule is CC(C)NCCc1nc(C2CN(C)CCO2)no1. The summed E-state index contributed by atoms with van der Waals surface area (Å²) in [4.78, 5) is 6.61. The van der Waals surface area contributed by atoms with E-state index in [1.165, 1.54) is 0 Å². The third-order valence-corrected chi connectivity index (χ3v) is 2.93. The molecule has 0 aliphatic carbocycles. The Kier molecular flexibility index (Phi) is 4.68. The first kappa shape index (κ1) is 13.5. The molecule has 1 saturated heterocycles. The Morgan fingerprint density at radius 3 is 3.06 bits per heavy atom. The highest BCUT2D eigenvalue weighted by atomic mass is 16.5. The second-order valence-electron chi connectivity index (χ2n) is 5.03. The second-order valence-corrected chi connectivity index (χ2v) is 5.03. The molecule has 1 N–H and O–H groups in total. The number of nitrogens with one attached hydrogen (secondary N) is 1. The summed E-state index contributed by atoms with van der Waals surface area (Å²) in [6.07, 6.45) is 0.701. The highest BCUT2D eigenvalue weighted by Crippen LogP contribution is 2.18. The van der Waals surface area contributed by atoms with E-state index in [0.717, 1.165) is 32.7 Å². The van der Waals surface area contributed by atoms with Crippen LogP contribution in [0.3, 0.4) is 0 Å². The van der Waals surface area contributed by atoms with Crippen LogP contribution in [-0.2, 0) is 11.2 Å². The smallest absolute Gasteiger partial charge is 0.228 e. The summed E-state index contributed by atoms with van der Waals surface area (Å²) in [6, 6.07) is 0.475. The molecule has 1 aromatic heterocycles. The zero-order chi connectivity index (χ0) is 13.0. The van der Waals surface area contributed by atoms with Gasteiger partial charge in [-0.2, -0.15) is 4.98 Å². The molecule has 1 atom stereocenters. The maximum absolute atomic E-state index is 5.65. The monoisotopic (exact) mass is 254 g/mol. The molecule has 1 fully saturated rings. The van der Waals surface area contributed by atoms with E-state index in [2.05, 4.69) is 41.3 Å². The van der Waals surface area contributed by atoms with Crippen molar-refractivity contribution in [3.63, 3.8) is 0 Å². The molecule has 102 valence electrons. The van der Waals surface area contributed by atoms with Crippen LogP contribution in [-0.4, -0.2) is 54.4 Å². The first-order valence-corrected chi connectivity index (χ1v) is 6.51. The Morgan fingerprint density at radius 2 is 2.33 bits per heavy atom. The van der Waals surface area contributed by atoms with E-state index in [1.807, 2.05) is 0 Å². The highest BCUT2D eigenvalue weighted by molar-refractivity contribution is 4.94. The van der Waals surface area contributed by atoms with Crippen LogP contribution < -0.4 is 5.32 Å². The van der Waals surface area contributed by atoms with Crippen molar-refractivity contribution < 1.29 is 9.26 Å². The van der Waals surface area contributed by atoms with Gasteiger partial charge < -0.3 is 19.5 Å². The predicted molar refractivity (Wildman–Crippen MR) is 67.3 cm³/mol. The van der Waals surface area contributed by atoms with Crippen LogP contribution >= 0.6 is 0 Å². The summed E-state index contributed by atoms with van der Waals surface area (Å²) in [6.45, 7) is 7.59. The summed E-state index contributed by atoms with van der Waals surface area (Å²) in [5.74, 6) is 1.34. The van der Waals surface area contributed by atoms with Gasteiger partial charge in [0.2, 0.25) is 11.7 Å². The molecule has 0 spiro atoms. The molecule has 2 heterocycles. The Balaban J connectivity index is 1.85. The molecule has 2 rings (SSSR count). The molecule has 1 aliphatic heterocycles. The van der Waals surface area contributed by atoms with Gasteiger partial charge in [-0.1, -0.05) is 19.0 Å². The van der Waals surface area contributed by atoms with Crippen molar-refractivity contribution in [2.75, 3.05) is 33.3 Å². The maximum Gasteiger partial charge on any atom is 0.228 e. The largest absolute Gasteiger partial charge is 0.367 e. The molecule has 18 heavy (non-hydrogen) atoms. The minimum absolute atomic E-state index is 0.0562. The van der Waals surface area contributed by atoms with E-state index in [1.54, 1.807) is 0 Å². The summed E-state index contributed by atoms with van der Waals surface area (Å²) in [5.41, 5.74) is 0. The van der Waals surface area contributed by atoms with Crippen LogP contribution in [0.15, 0.2) is 4.52 Å². The van der Waals surface area contributed by atoms with Crippen molar-refractivity contribution in [2.45, 2.75) is 32.4 Å². The van der Waals surface area contributed by atoms with Crippen LogP contribution in [0.5, 0.6) is 0 Å². The number of likely N-dealkylation sites (N-methyl/N-ethyl adjacent to an activating group) is 1. The number of hydrogen-bond donors (Lipinski definition) is 1. The highest BCUT2D eigenvalue weighted by Gasteiger charge is 2.24. The van der Waals surface area contributed by atoms with Gasteiger partial charge in [-0.3, -0.25) is 0 Å². The molecule has 0 bridgehead atoms. The van der Waals surface area contributed by atoms with Crippen molar-refractivity contribution in [1.29, 1.82) is 0 Å². The Morgan fingerprint density at radius 1 is 1.50 bits per heavy atom. The van der Waals surface area contributed by atoms with Gasteiger partial charge in [0.15, 0.2) is 0 Å². The zero-order valence-corrected chi connectivity index (χ0v) is 11.3. The van der Waals surface area contributed by atoms with E-state index in [0.29, 0.717) is 17.8 Å². The third-order valence-electron chi connectivity index (χ3n) is 2.93. The molecule has 1 aromatic rings. The van der Waals surface area contributed by atoms with Crippen LogP contribution in [0.1, 0.15) is 31.7 Å². The van der Waals surface area contributed by atoms with Crippen molar-refractivity contribution in [1.82, 2.24) is 20.4 Å². The summed E-state index contributed by atoms with van der Waals surface area (Å²) in [5, 5.41) is 7.33. The van der Waals surface area contributed by atoms with Crippen LogP contribution in [0.25, 0.3) is 0 Å². The molecule has 0 amide bonds. The maximum atomic E-state index is 5.65. The Labute approximate surface area is 108 Å². The van der Waals surface area contributed by atoms with Gasteiger partial charge in [-0.15, -0.1) is 0 Å². The molecule has 1 aliphatic rings. The summed E-state index contributed by atoms with van der Waals surface area (Å²) in [7, 11) is 2.07. The number of hydrogen-bond acceptors (Lipinski definition) is 6.